The van der Waals surface area contributed by atoms with Gasteiger partial charge < -0.3 is 4.90 Å². The van der Waals surface area contributed by atoms with Gasteiger partial charge in [0.1, 0.15) is 0 Å². The number of nitrogens with zero attached hydrogens (tertiary/aromatic N) is 2. The number of hydrogen-bond acceptors (Lipinski definition) is 3. The van der Waals surface area contributed by atoms with Crippen LogP contribution in [-0.2, 0) is 4.79 Å². The molecule has 0 saturated carbocycles. The SMILES string of the molecule is O=C1N=C(N2CCCC2)S/C1=C\c1ccc(Cl)cc1Cl. The zero-order chi connectivity index (χ0) is 14.1. The van der Waals surface area contributed by atoms with Crippen molar-refractivity contribution < 1.29 is 4.79 Å². The average molecular weight is 327 g/mol. The van der Waals surface area contributed by atoms with Crippen LogP contribution in [0.2, 0.25) is 10.0 Å². The van der Waals surface area contributed by atoms with Crippen LogP contribution in [0.25, 0.3) is 6.08 Å². The van der Waals surface area contributed by atoms with E-state index in [9.17, 15) is 4.79 Å². The minimum absolute atomic E-state index is 0.192. The van der Waals surface area contributed by atoms with Crippen LogP contribution >= 0.6 is 35.0 Å². The van der Waals surface area contributed by atoms with Crippen LogP contribution in [0.1, 0.15) is 18.4 Å². The van der Waals surface area contributed by atoms with Crippen molar-refractivity contribution in [2.45, 2.75) is 12.8 Å². The molecule has 1 aromatic carbocycles. The molecule has 3 nitrogen and oxygen atoms in total. The van der Waals surface area contributed by atoms with E-state index in [1.165, 1.54) is 11.8 Å². The van der Waals surface area contributed by atoms with Gasteiger partial charge in [-0.3, -0.25) is 4.79 Å². The lowest BCUT2D eigenvalue weighted by molar-refractivity contribution is -0.113. The highest BCUT2D eigenvalue weighted by atomic mass is 35.5. The summed E-state index contributed by atoms with van der Waals surface area (Å²) in [6.45, 7) is 1.96. The second-order valence-electron chi connectivity index (χ2n) is 4.67. The van der Waals surface area contributed by atoms with E-state index in [1.807, 2.05) is 0 Å². The second-order valence-corrected chi connectivity index (χ2v) is 6.52. The molecule has 0 unspecified atom stereocenters. The largest absolute Gasteiger partial charge is 0.351 e. The maximum Gasteiger partial charge on any atom is 0.286 e. The lowest BCUT2D eigenvalue weighted by atomic mass is 10.2. The number of amides is 1. The number of carbonyl (C=O) groups is 1. The number of thioether (sulfide) groups is 1. The van der Waals surface area contributed by atoms with Crippen molar-refractivity contribution in [2.75, 3.05) is 13.1 Å². The number of benzene rings is 1. The predicted octanol–water partition coefficient (Wildman–Crippen LogP) is 4.06. The van der Waals surface area contributed by atoms with Gasteiger partial charge in [-0.15, -0.1) is 0 Å². The third kappa shape index (κ3) is 2.87. The first kappa shape index (κ1) is 14.0. The Hall–Kier alpha value is -0.970. The van der Waals surface area contributed by atoms with E-state index < -0.39 is 0 Å². The van der Waals surface area contributed by atoms with Crippen LogP contribution < -0.4 is 0 Å². The standard InChI is InChI=1S/C14H12Cl2N2OS/c15-10-4-3-9(11(16)8-10)7-12-13(19)17-14(20-12)18-5-1-2-6-18/h3-4,7-8H,1-2,5-6H2/b12-7-. The zero-order valence-electron chi connectivity index (χ0n) is 10.6. The molecule has 0 spiro atoms. The normalized spacial score (nSPS) is 20.9. The Morgan fingerprint density at radius 2 is 2.00 bits per heavy atom. The summed E-state index contributed by atoms with van der Waals surface area (Å²) in [7, 11) is 0. The van der Waals surface area contributed by atoms with Crippen LogP contribution in [-0.4, -0.2) is 29.1 Å². The van der Waals surface area contributed by atoms with E-state index >= 15 is 0 Å². The van der Waals surface area contributed by atoms with E-state index in [2.05, 4.69) is 9.89 Å². The lowest BCUT2D eigenvalue weighted by Crippen LogP contribution is -2.23. The fraction of sp³-hybridized carbons (Fsp3) is 0.286. The van der Waals surface area contributed by atoms with Crippen molar-refractivity contribution in [1.82, 2.24) is 4.90 Å². The highest BCUT2D eigenvalue weighted by molar-refractivity contribution is 8.18. The number of amidine groups is 1. The number of hydrogen-bond donors (Lipinski definition) is 0. The summed E-state index contributed by atoms with van der Waals surface area (Å²) < 4.78 is 0. The summed E-state index contributed by atoms with van der Waals surface area (Å²) in [5.41, 5.74) is 0.782. The van der Waals surface area contributed by atoms with E-state index in [0.29, 0.717) is 15.0 Å². The molecular weight excluding hydrogens is 315 g/mol. The number of rotatable bonds is 1. The van der Waals surface area contributed by atoms with Gasteiger partial charge >= 0.3 is 0 Å². The molecule has 2 aliphatic rings. The van der Waals surface area contributed by atoms with E-state index in [-0.39, 0.29) is 5.91 Å². The minimum Gasteiger partial charge on any atom is -0.351 e. The molecule has 1 amide bonds. The van der Waals surface area contributed by atoms with E-state index in [1.54, 1.807) is 24.3 Å². The van der Waals surface area contributed by atoms with Crippen LogP contribution in [0.5, 0.6) is 0 Å². The molecule has 0 atom stereocenters. The first-order valence-corrected chi connectivity index (χ1v) is 7.93. The smallest absolute Gasteiger partial charge is 0.286 e. The fourth-order valence-corrected chi connectivity index (χ4v) is 3.62. The third-order valence-corrected chi connectivity index (χ3v) is 4.84. The molecule has 20 heavy (non-hydrogen) atoms. The van der Waals surface area contributed by atoms with Gasteiger partial charge in [-0.2, -0.15) is 4.99 Å². The maximum absolute atomic E-state index is 12.0. The number of likely N-dealkylation sites (tertiary alicyclic amines) is 1. The van der Waals surface area contributed by atoms with Crippen molar-refractivity contribution in [3.63, 3.8) is 0 Å². The molecule has 0 aliphatic carbocycles. The Morgan fingerprint density at radius 3 is 2.70 bits per heavy atom. The molecule has 2 aliphatic heterocycles. The topological polar surface area (TPSA) is 32.7 Å². The first-order valence-electron chi connectivity index (χ1n) is 6.36. The summed E-state index contributed by atoms with van der Waals surface area (Å²) in [6.07, 6.45) is 4.10. The lowest BCUT2D eigenvalue weighted by Gasteiger charge is -2.14. The number of aliphatic imine (C=N–C) groups is 1. The minimum atomic E-state index is -0.192. The van der Waals surface area contributed by atoms with E-state index in [4.69, 9.17) is 23.2 Å². The maximum atomic E-state index is 12.0. The highest BCUT2D eigenvalue weighted by Crippen LogP contribution is 2.33. The Labute approximate surface area is 131 Å². The third-order valence-electron chi connectivity index (χ3n) is 3.23. The van der Waals surface area contributed by atoms with Crippen molar-refractivity contribution in [3.05, 3.63) is 38.7 Å². The molecule has 0 aromatic heterocycles. The monoisotopic (exact) mass is 326 g/mol. The van der Waals surface area contributed by atoms with Crippen molar-refractivity contribution in [3.8, 4) is 0 Å². The summed E-state index contributed by atoms with van der Waals surface area (Å²) >= 11 is 13.4. The summed E-state index contributed by atoms with van der Waals surface area (Å²) in [5.74, 6) is -0.192. The van der Waals surface area contributed by atoms with Gasteiger partial charge in [-0.1, -0.05) is 29.3 Å². The molecule has 3 rings (SSSR count). The van der Waals surface area contributed by atoms with Crippen LogP contribution in [0.15, 0.2) is 28.1 Å². The van der Waals surface area contributed by atoms with Crippen molar-refractivity contribution in [1.29, 1.82) is 0 Å². The molecular formula is C14H12Cl2N2OS. The molecule has 0 N–H and O–H groups in total. The van der Waals surface area contributed by atoms with Gasteiger partial charge in [0.25, 0.3) is 5.91 Å². The van der Waals surface area contributed by atoms with Gasteiger partial charge in [-0.25, -0.2) is 0 Å². The van der Waals surface area contributed by atoms with Crippen LogP contribution in [0.4, 0.5) is 0 Å². The van der Waals surface area contributed by atoms with Gasteiger partial charge in [0.05, 0.1) is 4.91 Å². The van der Waals surface area contributed by atoms with Crippen LogP contribution in [0.3, 0.4) is 0 Å². The van der Waals surface area contributed by atoms with Gasteiger partial charge in [0, 0.05) is 23.1 Å². The van der Waals surface area contributed by atoms with Gasteiger partial charge in [0.2, 0.25) is 0 Å². The summed E-state index contributed by atoms with van der Waals surface area (Å²) in [5, 5.41) is 1.92. The molecule has 104 valence electrons. The Morgan fingerprint density at radius 1 is 1.25 bits per heavy atom. The number of carbonyl (C=O) groups excluding carboxylic acids is 1. The van der Waals surface area contributed by atoms with Crippen molar-refractivity contribution >= 4 is 52.1 Å². The average Bonchev–Trinajstić information content (AvgIpc) is 3.03. The Kier molecular flexibility index (Phi) is 4.06. The summed E-state index contributed by atoms with van der Waals surface area (Å²) in [4.78, 5) is 18.8. The quantitative estimate of drug-likeness (QED) is 0.729. The number of halogens is 2. The van der Waals surface area contributed by atoms with E-state index in [0.717, 1.165) is 36.7 Å². The van der Waals surface area contributed by atoms with Crippen molar-refractivity contribution in [2.24, 2.45) is 4.99 Å². The zero-order valence-corrected chi connectivity index (χ0v) is 12.9. The van der Waals surface area contributed by atoms with Gasteiger partial charge in [0.15, 0.2) is 5.17 Å². The predicted molar refractivity (Wildman–Crippen MR) is 85.3 cm³/mol. The summed E-state index contributed by atoms with van der Waals surface area (Å²) in [6, 6.07) is 5.23. The van der Waals surface area contributed by atoms with Crippen LogP contribution in [0, 0.1) is 0 Å². The molecule has 2 heterocycles. The first-order chi connectivity index (χ1) is 9.63. The molecule has 1 saturated heterocycles. The fourth-order valence-electron chi connectivity index (χ4n) is 2.20. The Balaban J connectivity index is 1.82. The highest BCUT2D eigenvalue weighted by Gasteiger charge is 2.27. The van der Waals surface area contributed by atoms with Gasteiger partial charge in [-0.05, 0) is 48.4 Å². The molecule has 0 bridgehead atoms. The molecule has 0 radical (unpaired) electrons. The molecule has 1 fully saturated rings. The Bertz CT molecular complexity index is 622. The molecule has 6 heteroatoms. The second kappa shape index (κ2) is 5.80. The molecule has 1 aromatic rings.